The summed E-state index contributed by atoms with van der Waals surface area (Å²) in [4.78, 5) is 38.0. The monoisotopic (exact) mass is 369 g/mol. The summed E-state index contributed by atoms with van der Waals surface area (Å²) in [7, 11) is 3.71. The van der Waals surface area contributed by atoms with E-state index in [0.29, 0.717) is 31.5 Å². The molecular formula is C19H23N5O3. The first kappa shape index (κ1) is 17.7. The minimum atomic E-state index is -0.426. The Labute approximate surface area is 156 Å². The molecule has 2 N–H and O–H groups in total. The smallest absolute Gasteiger partial charge is 0.235 e. The number of carbonyl (C=O) groups excluding carboxylic acids is 3. The zero-order valence-corrected chi connectivity index (χ0v) is 15.5. The van der Waals surface area contributed by atoms with Crippen LogP contribution in [0.1, 0.15) is 37.3 Å². The van der Waals surface area contributed by atoms with E-state index >= 15 is 0 Å². The molecular weight excluding hydrogens is 346 g/mol. The van der Waals surface area contributed by atoms with Crippen LogP contribution in [-0.4, -0.2) is 47.1 Å². The van der Waals surface area contributed by atoms with Crippen molar-refractivity contribution < 1.29 is 14.4 Å². The molecule has 2 aromatic rings. The van der Waals surface area contributed by atoms with Gasteiger partial charge in [0.2, 0.25) is 17.7 Å². The lowest BCUT2D eigenvalue weighted by Gasteiger charge is -2.31. The Kier molecular flexibility index (Phi) is 4.43. The third kappa shape index (κ3) is 3.10. The highest BCUT2D eigenvalue weighted by molar-refractivity contribution is 6.03. The lowest BCUT2D eigenvalue weighted by Crippen LogP contribution is -2.45. The van der Waals surface area contributed by atoms with Gasteiger partial charge in [-0.25, -0.2) is 0 Å². The molecule has 27 heavy (non-hydrogen) atoms. The van der Waals surface area contributed by atoms with Crippen molar-refractivity contribution in [2.75, 3.05) is 18.5 Å². The molecule has 2 saturated heterocycles. The van der Waals surface area contributed by atoms with Crippen LogP contribution in [0.15, 0.2) is 18.2 Å². The van der Waals surface area contributed by atoms with Crippen LogP contribution in [0.5, 0.6) is 0 Å². The number of nitrogens with zero attached hydrogens (tertiary/aromatic N) is 3. The lowest BCUT2D eigenvalue weighted by molar-refractivity contribution is -0.134. The highest BCUT2D eigenvalue weighted by Crippen LogP contribution is 2.33. The first-order chi connectivity index (χ1) is 13.0. The Morgan fingerprint density at radius 3 is 2.74 bits per heavy atom. The molecule has 0 spiro atoms. The zero-order valence-electron chi connectivity index (χ0n) is 15.5. The summed E-state index contributed by atoms with van der Waals surface area (Å²) in [6.07, 6.45) is 2.19. The van der Waals surface area contributed by atoms with E-state index in [9.17, 15) is 14.4 Å². The summed E-state index contributed by atoms with van der Waals surface area (Å²) in [5.74, 6) is -0.848. The van der Waals surface area contributed by atoms with Gasteiger partial charge in [-0.2, -0.15) is 5.10 Å². The van der Waals surface area contributed by atoms with Crippen molar-refractivity contribution >= 4 is 34.3 Å². The third-order valence-electron chi connectivity index (χ3n) is 5.58. The number of hydrogen-bond donors (Lipinski definition) is 2. The van der Waals surface area contributed by atoms with E-state index in [1.54, 1.807) is 4.68 Å². The number of piperidine rings is 2. The van der Waals surface area contributed by atoms with Gasteiger partial charge < -0.3 is 10.2 Å². The van der Waals surface area contributed by atoms with Gasteiger partial charge in [-0.1, -0.05) is 0 Å². The molecule has 3 heterocycles. The van der Waals surface area contributed by atoms with Crippen LogP contribution >= 0.6 is 0 Å². The Bertz CT molecular complexity index is 935. The molecule has 2 atom stereocenters. The van der Waals surface area contributed by atoms with Crippen molar-refractivity contribution in [2.24, 2.45) is 7.05 Å². The summed E-state index contributed by atoms with van der Waals surface area (Å²) in [5.41, 5.74) is 2.40. The first-order valence-corrected chi connectivity index (χ1v) is 9.26. The summed E-state index contributed by atoms with van der Waals surface area (Å²) in [6.45, 7) is 0.674. The number of rotatable bonds is 3. The van der Waals surface area contributed by atoms with Gasteiger partial charge in [0.05, 0.1) is 17.1 Å². The van der Waals surface area contributed by atoms with Gasteiger partial charge in [0.25, 0.3) is 0 Å². The average Bonchev–Trinajstić information content (AvgIpc) is 2.97. The number of imide groups is 1. The number of hydrogen-bond acceptors (Lipinski definition) is 5. The molecule has 8 nitrogen and oxygen atoms in total. The predicted molar refractivity (Wildman–Crippen MR) is 100 cm³/mol. The molecule has 142 valence electrons. The van der Waals surface area contributed by atoms with Crippen molar-refractivity contribution in [3.05, 3.63) is 23.9 Å². The number of aromatic nitrogens is 2. The molecule has 0 aliphatic carbocycles. The second-order valence-electron chi connectivity index (χ2n) is 7.24. The van der Waals surface area contributed by atoms with Crippen LogP contribution in [0, 0.1) is 0 Å². The maximum atomic E-state index is 12.5. The largest absolute Gasteiger partial charge is 0.316 e. The van der Waals surface area contributed by atoms with E-state index < -0.39 is 5.92 Å². The van der Waals surface area contributed by atoms with Crippen LogP contribution < -0.4 is 15.5 Å². The van der Waals surface area contributed by atoms with Crippen LogP contribution in [-0.2, 0) is 21.4 Å². The van der Waals surface area contributed by atoms with Crippen molar-refractivity contribution in [3.63, 3.8) is 0 Å². The highest BCUT2D eigenvalue weighted by atomic mass is 16.2. The lowest BCUT2D eigenvalue weighted by atomic mass is 9.92. The minimum Gasteiger partial charge on any atom is -0.316 e. The number of aryl methyl sites for hydroxylation is 1. The van der Waals surface area contributed by atoms with Crippen molar-refractivity contribution in [3.8, 4) is 0 Å². The Morgan fingerprint density at radius 2 is 2.04 bits per heavy atom. The molecule has 1 aromatic carbocycles. The number of nitrogens with one attached hydrogen (secondary N) is 2. The fourth-order valence-corrected chi connectivity index (χ4v) is 4.01. The van der Waals surface area contributed by atoms with E-state index in [1.165, 1.54) is 0 Å². The van der Waals surface area contributed by atoms with Gasteiger partial charge in [-0.3, -0.25) is 24.4 Å². The summed E-state index contributed by atoms with van der Waals surface area (Å²) < 4.78 is 1.74. The highest BCUT2D eigenvalue weighted by Gasteiger charge is 2.32. The number of benzene rings is 1. The molecule has 0 saturated carbocycles. The Balaban J connectivity index is 1.66. The molecule has 1 aromatic heterocycles. The maximum absolute atomic E-state index is 12.5. The van der Waals surface area contributed by atoms with E-state index in [1.807, 2.05) is 37.2 Å². The molecule has 8 heteroatoms. The third-order valence-corrected chi connectivity index (χ3v) is 5.58. The molecule has 2 unspecified atom stereocenters. The van der Waals surface area contributed by atoms with Crippen LogP contribution in [0.2, 0.25) is 0 Å². The quantitative estimate of drug-likeness (QED) is 0.781. The van der Waals surface area contributed by atoms with Crippen LogP contribution in [0.25, 0.3) is 10.9 Å². The van der Waals surface area contributed by atoms with E-state index in [0.717, 1.165) is 23.0 Å². The molecule has 2 aliphatic rings. The molecule has 2 fully saturated rings. The van der Waals surface area contributed by atoms with Gasteiger partial charge in [0.15, 0.2) is 0 Å². The van der Waals surface area contributed by atoms with E-state index in [-0.39, 0.29) is 23.8 Å². The first-order valence-electron chi connectivity index (χ1n) is 9.26. The number of anilines is 1. The SMILES string of the molecule is CNC1CCN(c2ccc3c(C4CCC(=O)NC4=O)nn(C)c3c2)C(=O)C1. The minimum absolute atomic E-state index is 0.104. The van der Waals surface area contributed by atoms with E-state index in [4.69, 9.17) is 0 Å². The molecule has 3 amide bonds. The predicted octanol–water partition coefficient (Wildman–Crippen LogP) is 0.808. The molecule has 0 bridgehead atoms. The summed E-state index contributed by atoms with van der Waals surface area (Å²) in [5, 5.41) is 11.0. The van der Waals surface area contributed by atoms with Gasteiger partial charge in [0, 0.05) is 43.5 Å². The molecule has 0 radical (unpaired) electrons. The van der Waals surface area contributed by atoms with Gasteiger partial charge in [0.1, 0.15) is 0 Å². The number of fused-ring (bicyclic) bond motifs is 1. The fraction of sp³-hybridized carbons (Fsp3) is 0.474. The van der Waals surface area contributed by atoms with Gasteiger partial charge in [-0.05, 0) is 38.1 Å². The molecule has 2 aliphatic heterocycles. The normalized spacial score (nSPS) is 23.8. The topological polar surface area (TPSA) is 96.3 Å². The van der Waals surface area contributed by atoms with E-state index in [2.05, 4.69) is 15.7 Å². The second-order valence-corrected chi connectivity index (χ2v) is 7.24. The van der Waals surface area contributed by atoms with Crippen LogP contribution in [0.3, 0.4) is 0 Å². The summed E-state index contributed by atoms with van der Waals surface area (Å²) >= 11 is 0. The Morgan fingerprint density at radius 1 is 1.22 bits per heavy atom. The van der Waals surface area contributed by atoms with Crippen molar-refractivity contribution in [2.45, 2.75) is 37.6 Å². The number of amides is 3. The zero-order chi connectivity index (χ0) is 19.1. The van der Waals surface area contributed by atoms with Gasteiger partial charge in [-0.15, -0.1) is 0 Å². The Hall–Kier alpha value is -2.74. The van der Waals surface area contributed by atoms with Crippen molar-refractivity contribution in [1.29, 1.82) is 0 Å². The van der Waals surface area contributed by atoms with Crippen molar-refractivity contribution in [1.82, 2.24) is 20.4 Å². The average molecular weight is 369 g/mol. The number of carbonyl (C=O) groups is 3. The molecule has 4 rings (SSSR count). The maximum Gasteiger partial charge on any atom is 0.235 e. The fourth-order valence-electron chi connectivity index (χ4n) is 4.01. The standard InChI is InChI=1S/C19H23N5O3/c1-20-11-7-8-24(17(26)9-11)12-3-4-13-15(10-12)23(2)22-18(13)14-5-6-16(25)21-19(14)27/h3-4,10-11,14,20H,5-9H2,1-2H3,(H,21,25,27). The summed E-state index contributed by atoms with van der Waals surface area (Å²) in [6, 6.07) is 6.02. The van der Waals surface area contributed by atoms with Gasteiger partial charge >= 0.3 is 0 Å². The second kappa shape index (κ2) is 6.77. The van der Waals surface area contributed by atoms with Crippen LogP contribution in [0.4, 0.5) is 5.69 Å².